The highest BCUT2D eigenvalue weighted by Crippen LogP contribution is 2.60. The summed E-state index contributed by atoms with van der Waals surface area (Å²) >= 11 is 0. The number of ether oxygens (including phenoxy) is 1. The molecule has 0 radical (unpaired) electrons. The molecule has 4 nitrogen and oxygen atoms in total. The van der Waals surface area contributed by atoms with Crippen LogP contribution in [0.5, 0.6) is 5.75 Å². The number of aliphatic hydroxyl groups is 2. The van der Waals surface area contributed by atoms with Gasteiger partial charge in [0.05, 0.1) is 18.3 Å². The molecular formula is C27H33NO3. The van der Waals surface area contributed by atoms with Crippen molar-refractivity contribution in [3.8, 4) is 11.8 Å². The topological polar surface area (TPSA) is 73.5 Å². The van der Waals surface area contributed by atoms with E-state index in [0.29, 0.717) is 31.8 Å². The summed E-state index contributed by atoms with van der Waals surface area (Å²) in [5.74, 6) is 1.16. The van der Waals surface area contributed by atoms with Crippen LogP contribution in [0.4, 0.5) is 0 Å². The van der Waals surface area contributed by atoms with Gasteiger partial charge in [-0.15, -0.1) is 0 Å². The van der Waals surface area contributed by atoms with Crippen LogP contribution >= 0.6 is 0 Å². The van der Waals surface area contributed by atoms with E-state index in [9.17, 15) is 10.2 Å². The zero-order valence-electron chi connectivity index (χ0n) is 18.6. The van der Waals surface area contributed by atoms with Gasteiger partial charge in [0, 0.05) is 11.8 Å². The summed E-state index contributed by atoms with van der Waals surface area (Å²) in [5.41, 5.74) is 0.748. The van der Waals surface area contributed by atoms with Gasteiger partial charge >= 0.3 is 0 Å². The molecule has 2 aliphatic rings. The van der Waals surface area contributed by atoms with Crippen LogP contribution in [0, 0.1) is 17.2 Å². The number of rotatable bonds is 6. The number of aryl methyl sites for hydroxylation is 1. The van der Waals surface area contributed by atoms with E-state index < -0.39 is 11.2 Å². The summed E-state index contributed by atoms with van der Waals surface area (Å²) in [6.45, 7) is 4.55. The summed E-state index contributed by atoms with van der Waals surface area (Å²) in [5, 5.41) is 32.1. The molecule has 3 unspecified atom stereocenters. The fraction of sp³-hybridized carbons (Fsp3) is 0.519. The second-order valence-electron chi connectivity index (χ2n) is 9.56. The maximum atomic E-state index is 11.8. The minimum Gasteiger partial charge on any atom is -0.494 e. The fourth-order valence-corrected chi connectivity index (χ4v) is 6.14. The van der Waals surface area contributed by atoms with Crippen LogP contribution in [-0.2, 0) is 17.4 Å². The Labute approximate surface area is 185 Å². The molecule has 4 heteroatoms. The molecule has 4 rings (SSSR count). The number of fused-ring (bicyclic) bond motifs is 3. The standard InChI is InChI=1S/C27H33NO3/c1-3-26-19-25(2,29)27(30,21-9-5-4-6-10-21)18-22(26)12-11-20-17-23(13-14-24(20)26)31-16-8-7-15-28/h4-6,9-10,13-14,17,22,29-30H,3,7-8,11-12,16,18-19H2,1-2H3/t22-,25?,26?,27?/m1/s1. The van der Waals surface area contributed by atoms with Crippen LogP contribution < -0.4 is 4.74 Å². The molecule has 4 atom stereocenters. The van der Waals surface area contributed by atoms with Gasteiger partial charge in [0.1, 0.15) is 11.4 Å². The van der Waals surface area contributed by atoms with Crippen molar-refractivity contribution >= 4 is 0 Å². The number of hydrogen-bond donors (Lipinski definition) is 2. The first kappa shape index (κ1) is 21.9. The van der Waals surface area contributed by atoms with E-state index in [2.05, 4.69) is 25.1 Å². The number of unbranched alkanes of at least 4 members (excludes halogenated alkanes) is 1. The molecule has 2 N–H and O–H groups in total. The van der Waals surface area contributed by atoms with Crippen LogP contribution in [0.2, 0.25) is 0 Å². The predicted octanol–water partition coefficient (Wildman–Crippen LogP) is 5.01. The van der Waals surface area contributed by atoms with Crippen molar-refractivity contribution in [2.45, 2.75) is 75.4 Å². The lowest BCUT2D eigenvalue weighted by Gasteiger charge is -2.59. The molecule has 31 heavy (non-hydrogen) atoms. The Morgan fingerprint density at radius 2 is 1.94 bits per heavy atom. The molecule has 0 heterocycles. The summed E-state index contributed by atoms with van der Waals surface area (Å²) in [6.07, 6.45) is 5.19. The van der Waals surface area contributed by atoms with Crippen LogP contribution in [0.15, 0.2) is 48.5 Å². The SMILES string of the molecule is CCC12CC(C)(O)C(O)(c3ccccc3)C[C@H]1CCc1cc(OCCCC#N)ccc12. The van der Waals surface area contributed by atoms with Crippen molar-refractivity contribution in [2.24, 2.45) is 5.92 Å². The number of nitriles is 1. The molecule has 2 aliphatic carbocycles. The Balaban J connectivity index is 1.66. The second kappa shape index (κ2) is 8.30. The first-order valence-electron chi connectivity index (χ1n) is 11.5. The van der Waals surface area contributed by atoms with E-state index in [-0.39, 0.29) is 5.41 Å². The van der Waals surface area contributed by atoms with Crippen molar-refractivity contribution < 1.29 is 14.9 Å². The first-order chi connectivity index (χ1) is 14.9. The molecular weight excluding hydrogens is 386 g/mol. The molecule has 0 aromatic heterocycles. The summed E-state index contributed by atoms with van der Waals surface area (Å²) in [4.78, 5) is 0. The zero-order chi connectivity index (χ0) is 22.1. The molecule has 164 valence electrons. The minimum absolute atomic E-state index is 0.155. The third-order valence-corrected chi connectivity index (χ3v) is 7.83. The number of benzene rings is 2. The quantitative estimate of drug-likeness (QED) is 0.646. The van der Waals surface area contributed by atoms with Crippen molar-refractivity contribution in [1.82, 2.24) is 0 Å². The van der Waals surface area contributed by atoms with Gasteiger partial charge < -0.3 is 14.9 Å². The molecule has 2 aromatic carbocycles. The van der Waals surface area contributed by atoms with Crippen molar-refractivity contribution in [3.05, 3.63) is 65.2 Å². The molecule has 1 saturated carbocycles. The minimum atomic E-state index is -1.25. The lowest BCUT2D eigenvalue weighted by Crippen LogP contribution is -2.62. The third kappa shape index (κ3) is 3.64. The van der Waals surface area contributed by atoms with Gasteiger partial charge in [0.25, 0.3) is 0 Å². The molecule has 0 aliphatic heterocycles. The number of hydrogen-bond acceptors (Lipinski definition) is 4. The maximum absolute atomic E-state index is 11.8. The van der Waals surface area contributed by atoms with Gasteiger partial charge in [0.2, 0.25) is 0 Å². The Hall–Kier alpha value is -2.35. The summed E-state index contributed by atoms with van der Waals surface area (Å²) in [7, 11) is 0. The molecule has 0 bridgehead atoms. The Kier molecular flexibility index (Phi) is 5.85. The van der Waals surface area contributed by atoms with Crippen LogP contribution in [0.25, 0.3) is 0 Å². The molecule has 1 fully saturated rings. The molecule has 0 spiro atoms. The highest BCUT2D eigenvalue weighted by Gasteiger charge is 2.60. The fourth-order valence-electron chi connectivity index (χ4n) is 6.14. The number of nitrogens with zero attached hydrogens (tertiary/aromatic N) is 1. The van der Waals surface area contributed by atoms with E-state index in [1.54, 1.807) is 6.92 Å². The largest absolute Gasteiger partial charge is 0.494 e. The van der Waals surface area contributed by atoms with Gasteiger partial charge in [-0.05, 0) is 80.2 Å². The average Bonchev–Trinajstić information content (AvgIpc) is 2.78. The van der Waals surface area contributed by atoms with Crippen LogP contribution in [0.1, 0.15) is 69.1 Å². The van der Waals surface area contributed by atoms with E-state index >= 15 is 0 Å². The smallest absolute Gasteiger partial charge is 0.119 e. The highest BCUT2D eigenvalue weighted by molar-refractivity contribution is 5.45. The van der Waals surface area contributed by atoms with Gasteiger partial charge in [-0.25, -0.2) is 0 Å². The van der Waals surface area contributed by atoms with Crippen molar-refractivity contribution in [1.29, 1.82) is 5.26 Å². The second-order valence-corrected chi connectivity index (χ2v) is 9.56. The van der Waals surface area contributed by atoms with E-state index in [4.69, 9.17) is 10.00 Å². The summed E-state index contributed by atoms with van der Waals surface area (Å²) in [6, 6.07) is 18.2. The van der Waals surface area contributed by atoms with Gasteiger partial charge in [-0.1, -0.05) is 43.3 Å². The average molecular weight is 420 g/mol. The van der Waals surface area contributed by atoms with E-state index in [1.807, 2.05) is 36.4 Å². The Morgan fingerprint density at radius 3 is 2.65 bits per heavy atom. The van der Waals surface area contributed by atoms with E-state index in [0.717, 1.165) is 37.0 Å². The molecule has 0 amide bonds. The zero-order valence-corrected chi connectivity index (χ0v) is 18.6. The molecule has 2 aromatic rings. The predicted molar refractivity (Wildman–Crippen MR) is 121 cm³/mol. The third-order valence-electron chi connectivity index (χ3n) is 7.83. The van der Waals surface area contributed by atoms with Crippen LogP contribution in [0.3, 0.4) is 0 Å². The van der Waals surface area contributed by atoms with Gasteiger partial charge in [-0.2, -0.15) is 5.26 Å². The van der Waals surface area contributed by atoms with Crippen LogP contribution in [-0.4, -0.2) is 22.4 Å². The summed E-state index contributed by atoms with van der Waals surface area (Å²) < 4.78 is 5.87. The highest BCUT2D eigenvalue weighted by atomic mass is 16.5. The van der Waals surface area contributed by atoms with E-state index in [1.165, 1.54) is 11.1 Å². The first-order valence-corrected chi connectivity index (χ1v) is 11.5. The lowest BCUT2D eigenvalue weighted by atomic mass is 9.49. The lowest BCUT2D eigenvalue weighted by molar-refractivity contribution is -0.205. The Bertz CT molecular complexity index is 964. The Morgan fingerprint density at radius 1 is 1.16 bits per heavy atom. The normalized spacial score (nSPS) is 31.9. The monoisotopic (exact) mass is 419 g/mol. The maximum Gasteiger partial charge on any atom is 0.119 e. The van der Waals surface area contributed by atoms with Gasteiger partial charge in [-0.3, -0.25) is 0 Å². The molecule has 0 saturated heterocycles. The van der Waals surface area contributed by atoms with Crippen molar-refractivity contribution in [2.75, 3.05) is 6.61 Å². The van der Waals surface area contributed by atoms with Gasteiger partial charge in [0.15, 0.2) is 0 Å². The van der Waals surface area contributed by atoms with Crippen molar-refractivity contribution in [3.63, 3.8) is 0 Å².